The second-order valence-electron chi connectivity index (χ2n) is 4.37. The van der Waals surface area contributed by atoms with Gasteiger partial charge in [0.05, 0.1) is 0 Å². The number of nitrogen functional groups attached to an aromatic ring is 1. The van der Waals surface area contributed by atoms with E-state index in [4.69, 9.17) is 5.73 Å². The molecule has 1 aliphatic rings. The zero-order chi connectivity index (χ0) is 13.2. The lowest BCUT2D eigenvalue weighted by Gasteiger charge is -2.23. The molecular formula is C12H14N4OS2. The molecule has 5 nitrogen and oxygen atoms in total. The number of nitrogens with zero attached hydrogens (tertiary/aromatic N) is 1. The monoisotopic (exact) mass is 294 g/mol. The minimum Gasteiger partial charge on any atom is -0.369 e. The summed E-state index contributed by atoms with van der Waals surface area (Å²) in [7, 11) is 0. The first kappa shape index (κ1) is 12.6. The van der Waals surface area contributed by atoms with Crippen molar-refractivity contribution in [2.24, 2.45) is 0 Å². The lowest BCUT2D eigenvalue weighted by molar-refractivity contribution is 0.772. The molecule has 4 N–H and O–H groups in total. The molecule has 3 heterocycles. The van der Waals surface area contributed by atoms with Gasteiger partial charge in [0.2, 0.25) is 5.95 Å². The maximum absolute atomic E-state index is 11.8. The highest BCUT2D eigenvalue weighted by Crippen LogP contribution is 2.33. The molecule has 1 aliphatic heterocycles. The van der Waals surface area contributed by atoms with Gasteiger partial charge in [-0.2, -0.15) is 4.98 Å². The zero-order valence-electron chi connectivity index (χ0n) is 10.2. The van der Waals surface area contributed by atoms with Crippen LogP contribution in [0.1, 0.15) is 11.3 Å². The third-order valence-corrected chi connectivity index (χ3v) is 5.26. The number of aromatic nitrogens is 2. The normalized spacial score (nSPS) is 17.8. The Kier molecular flexibility index (Phi) is 3.48. The van der Waals surface area contributed by atoms with Crippen LogP contribution >= 0.6 is 23.1 Å². The van der Waals surface area contributed by atoms with Crippen LogP contribution in [0.15, 0.2) is 27.2 Å². The number of anilines is 2. The lowest BCUT2D eigenvalue weighted by Crippen LogP contribution is -2.28. The summed E-state index contributed by atoms with van der Waals surface area (Å²) in [5.41, 5.74) is 5.37. The molecule has 2 aromatic rings. The summed E-state index contributed by atoms with van der Waals surface area (Å²) in [4.78, 5) is 20.5. The number of aryl methyl sites for hydroxylation is 1. The molecule has 3 rings (SSSR count). The van der Waals surface area contributed by atoms with Gasteiger partial charge < -0.3 is 11.1 Å². The second kappa shape index (κ2) is 5.26. The Bertz CT molecular complexity index is 623. The van der Waals surface area contributed by atoms with Gasteiger partial charge in [0.25, 0.3) is 5.56 Å². The van der Waals surface area contributed by atoms with Crippen LogP contribution in [0.5, 0.6) is 0 Å². The van der Waals surface area contributed by atoms with Gasteiger partial charge in [0.15, 0.2) is 0 Å². The van der Waals surface area contributed by atoms with E-state index in [1.54, 1.807) is 23.1 Å². The van der Waals surface area contributed by atoms with Gasteiger partial charge in [0, 0.05) is 16.7 Å². The fraction of sp³-hybridized carbons (Fsp3) is 0.333. The average molecular weight is 294 g/mol. The minimum atomic E-state index is -0.152. The van der Waals surface area contributed by atoms with E-state index in [-0.39, 0.29) is 11.5 Å². The highest BCUT2D eigenvalue weighted by molar-refractivity contribution is 8.00. The van der Waals surface area contributed by atoms with Gasteiger partial charge in [-0.3, -0.25) is 9.78 Å². The molecule has 19 heavy (non-hydrogen) atoms. The predicted octanol–water partition coefficient (Wildman–Crippen LogP) is 1.93. The van der Waals surface area contributed by atoms with Crippen molar-refractivity contribution in [2.45, 2.75) is 23.0 Å². The maximum atomic E-state index is 11.8. The van der Waals surface area contributed by atoms with E-state index in [9.17, 15) is 4.79 Å². The van der Waals surface area contributed by atoms with Gasteiger partial charge in [-0.05, 0) is 24.3 Å². The first-order chi connectivity index (χ1) is 9.22. The van der Waals surface area contributed by atoms with Crippen LogP contribution in [0, 0.1) is 0 Å². The summed E-state index contributed by atoms with van der Waals surface area (Å²) in [5.74, 6) is 0.771. The van der Waals surface area contributed by atoms with E-state index in [1.165, 1.54) is 4.88 Å². The van der Waals surface area contributed by atoms with Gasteiger partial charge in [-0.1, -0.05) is 6.07 Å². The maximum Gasteiger partial charge on any atom is 0.268 e. The third-order valence-electron chi connectivity index (χ3n) is 2.97. The Hall–Kier alpha value is -1.47. The molecule has 0 aromatic carbocycles. The summed E-state index contributed by atoms with van der Waals surface area (Å²) in [6, 6.07) is 4.22. The molecule has 0 aliphatic carbocycles. The Morgan fingerprint density at radius 1 is 1.53 bits per heavy atom. The smallest absolute Gasteiger partial charge is 0.268 e. The van der Waals surface area contributed by atoms with Crippen LogP contribution < -0.4 is 16.6 Å². The standard InChI is InChI=1S/C12H14N4OS2/c13-12-15-10-9(11(17)16-12)19-8(6-14-10)4-3-7-2-1-5-18-7/h1-2,5,8H,3-4,6H2,(H4,13,14,15,16,17)/t8-/m0/s1. The highest BCUT2D eigenvalue weighted by Gasteiger charge is 2.23. The van der Waals surface area contributed by atoms with Crippen LogP contribution in [0.25, 0.3) is 0 Å². The summed E-state index contributed by atoms with van der Waals surface area (Å²) in [6.45, 7) is 0.818. The van der Waals surface area contributed by atoms with Crippen molar-refractivity contribution in [3.8, 4) is 0 Å². The minimum absolute atomic E-state index is 0.152. The van der Waals surface area contributed by atoms with Gasteiger partial charge in [-0.15, -0.1) is 23.1 Å². The molecule has 7 heteroatoms. The molecule has 0 spiro atoms. The van der Waals surface area contributed by atoms with E-state index < -0.39 is 0 Å². The third kappa shape index (κ3) is 2.76. The number of thioether (sulfide) groups is 1. The number of aromatic amines is 1. The quantitative estimate of drug-likeness (QED) is 0.805. The van der Waals surface area contributed by atoms with Crippen LogP contribution in [0.3, 0.4) is 0 Å². The van der Waals surface area contributed by atoms with Crippen molar-refractivity contribution in [2.75, 3.05) is 17.6 Å². The fourth-order valence-electron chi connectivity index (χ4n) is 2.05. The summed E-state index contributed by atoms with van der Waals surface area (Å²) in [5, 5.41) is 5.68. The molecule has 0 saturated heterocycles. The van der Waals surface area contributed by atoms with E-state index in [2.05, 4.69) is 32.8 Å². The Labute approximate surface area is 118 Å². The largest absolute Gasteiger partial charge is 0.369 e. The van der Waals surface area contributed by atoms with Crippen LogP contribution in [0.2, 0.25) is 0 Å². The highest BCUT2D eigenvalue weighted by atomic mass is 32.2. The molecule has 100 valence electrons. The SMILES string of the molecule is Nc1nc2c(c(=O)[nH]1)S[C@@H](CCc1cccs1)CN2. The summed E-state index contributed by atoms with van der Waals surface area (Å²) >= 11 is 3.37. The molecular weight excluding hydrogens is 280 g/mol. The number of nitrogens with two attached hydrogens (primary N) is 1. The molecule has 0 saturated carbocycles. The summed E-state index contributed by atoms with van der Waals surface area (Å²) in [6.07, 6.45) is 2.09. The number of rotatable bonds is 3. The number of thiophene rings is 1. The second-order valence-corrected chi connectivity index (χ2v) is 6.71. The fourth-order valence-corrected chi connectivity index (χ4v) is 3.89. The van der Waals surface area contributed by atoms with E-state index in [0.29, 0.717) is 16.0 Å². The Morgan fingerprint density at radius 2 is 2.42 bits per heavy atom. The van der Waals surface area contributed by atoms with E-state index in [0.717, 1.165) is 19.4 Å². The van der Waals surface area contributed by atoms with E-state index in [1.807, 2.05) is 0 Å². The first-order valence-electron chi connectivity index (χ1n) is 6.05. The van der Waals surface area contributed by atoms with Gasteiger partial charge in [-0.25, -0.2) is 0 Å². The average Bonchev–Trinajstić information content (AvgIpc) is 2.89. The van der Waals surface area contributed by atoms with Crippen molar-refractivity contribution in [3.63, 3.8) is 0 Å². The Morgan fingerprint density at radius 3 is 3.21 bits per heavy atom. The molecule has 0 amide bonds. The van der Waals surface area contributed by atoms with Gasteiger partial charge >= 0.3 is 0 Å². The van der Waals surface area contributed by atoms with Crippen LogP contribution in [-0.4, -0.2) is 21.8 Å². The molecule has 0 fully saturated rings. The van der Waals surface area contributed by atoms with Crippen LogP contribution in [-0.2, 0) is 6.42 Å². The molecule has 0 radical (unpaired) electrons. The van der Waals surface area contributed by atoms with Crippen molar-refractivity contribution < 1.29 is 0 Å². The van der Waals surface area contributed by atoms with Crippen molar-refractivity contribution in [1.82, 2.24) is 9.97 Å². The first-order valence-corrected chi connectivity index (χ1v) is 7.81. The van der Waals surface area contributed by atoms with Crippen molar-refractivity contribution in [3.05, 3.63) is 32.7 Å². The number of fused-ring (bicyclic) bond motifs is 1. The lowest BCUT2D eigenvalue weighted by atomic mass is 10.2. The molecule has 2 aromatic heterocycles. The molecule has 0 unspecified atom stereocenters. The number of hydrogen-bond donors (Lipinski definition) is 3. The molecule has 0 bridgehead atoms. The topological polar surface area (TPSA) is 83.8 Å². The van der Waals surface area contributed by atoms with E-state index >= 15 is 0 Å². The van der Waals surface area contributed by atoms with Crippen molar-refractivity contribution in [1.29, 1.82) is 0 Å². The number of H-pyrrole nitrogens is 1. The molecule has 1 atom stereocenters. The van der Waals surface area contributed by atoms with Crippen molar-refractivity contribution >= 4 is 34.9 Å². The number of hydrogen-bond acceptors (Lipinski definition) is 6. The Balaban J connectivity index is 1.70. The number of nitrogens with one attached hydrogen (secondary N) is 2. The van der Waals surface area contributed by atoms with Crippen LogP contribution in [0.4, 0.5) is 11.8 Å². The summed E-state index contributed by atoms with van der Waals surface area (Å²) < 4.78 is 0. The predicted molar refractivity (Wildman–Crippen MR) is 80.0 cm³/mol. The zero-order valence-corrected chi connectivity index (χ0v) is 11.8. The van der Waals surface area contributed by atoms with Gasteiger partial charge in [0.1, 0.15) is 10.7 Å².